The predicted molar refractivity (Wildman–Crippen MR) is 108 cm³/mol. The normalized spacial score (nSPS) is 11.7. The largest absolute Gasteiger partial charge is 0.493 e. The van der Waals surface area contributed by atoms with Crippen molar-refractivity contribution in [3.63, 3.8) is 0 Å². The van der Waals surface area contributed by atoms with E-state index in [1.165, 1.54) is 11.8 Å². The van der Waals surface area contributed by atoms with Crippen molar-refractivity contribution in [3.8, 4) is 11.5 Å². The highest BCUT2D eigenvalue weighted by Gasteiger charge is 2.13. The lowest BCUT2D eigenvalue weighted by molar-refractivity contribution is -0.120. The molecule has 26 heavy (non-hydrogen) atoms. The Labute approximate surface area is 164 Å². The van der Waals surface area contributed by atoms with Crippen LogP contribution < -0.4 is 14.8 Å². The molecule has 0 unspecified atom stereocenters. The van der Waals surface area contributed by atoms with Crippen molar-refractivity contribution in [1.82, 2.24) is 5.32 Å². The molecule has 0 saturated heterocycles. The predicted octanol–water partition coefficient (Wildman–Crippen LogP) is 4.59. The van der Waals surface area contributed by atoms with E-state index in [-0.39, 0.29) is 11.2 Å². The zero-order valence-electron chi connectivity index (χ0n) is 15.3. The zero-order chi connectivity index (χ0) is 18.9. The number of ether oxygens (including phenoxy) is 2. The molecule has 0 aliphatic rings. The lowest BCUT2D eigenvalue weighted by Gasteiger charge is -2.12. The van der Waals surface area contributed by atoms with E-state index in [1.54, 1.807) is 14.2 Å². The van der Waals surface area contributed by atoms with Crippen molar-refractivity contribution in [2.45, 2.75) is 29.9 Å². The molecule has 4 nitrogen and oxygen atoms in total. The summed E-state index contributed by atoms with van der Waals surface area (Å²) in [5.41, 5.74) is 1.15. The van der Waals surface area contributed by atoms with Crippen LogP contribution in [-0.4, -0.2) is 31.9 Å². The highest BCUT2D eigenvalue weighted by atomic mass is 35.5. The van der Waals surface area contributed by atoms with Crippen LogP contribution in [0, 0.1) is 0 Å². The molecule has 6 heteroatoms. The SMILES string of the molecule is COc1ccc(CCCNC(=O)[C@@H](C)Sc2ccc(Cl)cc2)cc1OC. The summed E-state index contributed by atoms with van der Waals surface area (Å²) in [6.45, 7) is 2.54. The van der Waals surface area contributed by atoms with Gasteiger partial charge in [-0.05, 0) is 61.7 Å². The van der Waals surface area contributed by atoms with Gasteiger partial charge in [-0.3, -0.25) is 4.79 Å². The van der Waals surface area contributed by atoms with Crippen LogP contribution in [0.2, 0.25) is 5.02 Å². The number of nitrogens with one attached hydrogen (secondary N) is 1. The molecule has 2 aromatic rings. The first-order chi connectivity index (χ1) is 12.5. The van der Waals surface area contributed by atoms with Crippen LogP contribution in [0.15, 0.2) is 47.4 Å². The Morgan fingerprint density at radius 3 is 2.46 bits per heavy atom. The van der Waals surface area contributed by atoms with E-state index < -0.39 is 0 Å². The summed E-state index contributed by atoms with van der Waals surface area (Å²) < 4.78 is 10.5. The standard InChI is InChI=1S/C20H24ClNO3S/c1-14(26-17-9-7-16(21)8-10-17)20(23)22-12-4-5-15-6-11-18(24-2)19(13-15)25-3/h6-11,13-14H,4-5,12H2,1-3H3,(H,22,23)/t14-/m1/s1. The van der Waals surface area contributed by atoms with Crippen molar-refractivity contribution in [2.24, 2.45) is 0 Å². The van der Waals surface area contributed by atoms with Crippen molar-refractivity contribution >= 4 is 29.3 Å². The fourth-order valence-electron chi connectivity index (χ4n) is 2.45. The molecule has 2 aromatic carbocycles. The lowest BCUT2D eigenvalue weighted by atomic mass is 10.1. The van der Waals surface area contributed by atoms with Gasteiger partial charge in [0.05, 0.1) is 19.5 Å². The quantitative estimate of drug-likeness (QED) is 0.500. The second-order valence-corrected chi connectivity index (χ2v) is 7.65. The van der Waals surface area contributed by atoms with Crippen molar-refractivity contribution in [1.29, 1.82) is 0 Å². The van der Waals surface area contributed by atoms with Crippen LogP contribution in [0.3, 0.4) is 0 Å². The van der Waals surface area contributed by atoms with Crippen molar-refractivity contribution in [3.05, 3.63) is 53.1 Å². The smallest absolute Gasteiger partial charge is 0.233 e. The number of amides is 1. The molecule has 0 bridgehead atoms. The third-order valence-electron chi connectivity index (χ3n) is 3.89. The summed E-state index contributed by atoms with van der Waals surface area (Å²) in [5, 5.41) is 3.53. The number of carbonyl (C=O) groups excluding carboxylic acids is 1. The van der Waals surface area contributed by atoms with Crippen LogP contribution in [-0.2, 0) is 11.2 Å². The van der Waals surface area contributed by atoms with E-state index in [4.69, 9.17) is 21.1 Å². The van der Waals surface area contributed by atoms with Crippen LogP contribution in [0.4, 0.5) is 0 Å². The Morgan fingerprint density at radius 1 is 1.12 bits per heavy atom. The first-order valence-electron chi connectivity index (χ1n) is 8.44. The van der Waals surface area contributed by atoms with E-state index in [9.17, 15) is 4.79 Å². The number of thioether (sulfide) groups is 1. The molecule has 1 N–H and O–H groups in total. The monoisotopic (exact) mass is 393 g/mol. The average molecular weight is 394 g/mol. The Hall–Kier alpha value is -1.85. The molecule has 0 fully saturated rings. The third-order valence-corrected chi connectivity index (χ3v) is 5.25. The Balaban J connectivity index is 1.75. The van der Waals surface area contributed by atoms with Crippen LogP contribution >= 0.6 is 23.4 Å². The van der Waals surface area contributed by atoms with E-state index in [0.717, 1.165) is 34.8 Å². The molecule has 0 radical (unpaired) electrons. The van der Waals surface area contributed by atoms with Gasteiger partial charge in [0.25, 0.3) is 0 Å². The number of halogens is 1. The molecule has 0 aromatic heterocycles. The molecule has 1 atom stereocenters. The molecule has 140 valence electrons. The molecular formula is C20H24ClNO3S. The molecule has 0 aliphatic heterocycles. The second-order valence-electron chi connectivity index (χ2n) is 5.80. The molecule has 2 rings (SSSR count). The Bertz CT molecular complexity index is 721. The minimum absolute atomic E-state index is 0.0391. The number of aryl methyl sites for hydroxylation is 1. The van der Waals surface area contributed by atoms with Gasteiger partial charge >= 0.3 is 0 Å². The van der Waals surface area contributed by atoms with Crippen molar-refractivity contribution in [2.75, 3.05) is 20.8 Å². The van der Waals surface area contributed by atoms with E-state index in [1.807, 2.05) is 49.4 Å². The highest BCUT2D eigenvalue weighted by Crippen LogP contribution is 2.28. The number of hydrogen-bond donors (Lipinski definition) is 1. The maximum atomic E-state index is 12.2. The molecule has 0 heterocycles. The van der Waals surface area contributed by atoms with Gasteiger partial charge in [-0.15, -0.1) is 11.8 Å². The number of carbonyl (C=O) groups is 1. The van der Waals surface area contributed by atoms with Gasteiger partial charge in [-0.1, -0.05) is 17.7 Å². The average Bonchev–Trinajstić information content (AvgIpc) is 2.66. The molecule has 0 saturated carbocycles. The summed E-state index contributed by atoms with van der Waals surface area (Å²) in [7, 11) is 3.25. The maximum Gasteiger partial charge on any atom is 0.233 e. The highest BCUT2D eigenvalue weighted by molar-refractivity contribution is 8.00. The summed E-state index contributed by atoms with van der Waals surface area (Å²) in [6.07, 6.45) is 1.72. The summed E-state index contributed by atoms with van der Waals surface area (Å²) in [5.74, 6) is 1.48. The fraction of sp³-hybridized carbons (Fsp3) is 0.350. The first-order valence-corrected chi connectivity index (χ1v) is 9.70. The number of hydrogen-bond acceptors (Lipinski definition) is 4. The topological polar surface area (TPSA) is 47.6 Å². The molecule has 1 amide bonds. The van der Waals surface area contributed by atoms with Crippen molar-refractivity contribution < 1.29 is 14.3 Å². The minimum atomic E-state index is -0.155. The van der Waals surface area contributed by atoms with E-state index in [0.29, 0.717) is 11.6 Å². The van der Waals surface area contributed by atoms with Crippen LogP contribution in [0.25, 0.3) is 0 Å². The first kappa shape index (κ1) is 20.5. The molecule has 0 spiro atoms. The zero-order valence-corrected chi connectivity index (χ0v) is 16.8. The summed E-state index contributed by atoms with van der Waals surface area (Å²) in [6, 6.07) is 13.4. The maximum absolute atomic E-state index is 12.2. The Morgan fingerprint density at radius 2 is 1.81 bits per heavy atom. The molecule has 0 aliphatic carbocycles. The van der Waals surface area contributed by atoms with Crippen LogP contribution in [0.1, 0.15) is 18.9 Å². The minimum Gasteiger partial charge on any atom is -0.493 e. The summed E-state index contributed by atoms with van der Waals surface area (Å²) >= 11 is 7.40. The molecular weight excluding hydrogens is 370 g/mol. The number of methoxy groups -OCH3 is 2. The van der Waals surface area contributed by atoms with Gasteiger partial charge in [0.2, 0.25) is 5.91 Å². The van der Waals surface area contributed by atoms with Gasteiger partial charge in [0.15, 0.2) is 11.5 Å². The van der Waals surface area contributed by atoms with Gasteiger partial charge in [0.1, 0.15) is 0 Å². The second kappa shape index (κ2) is 10.3. The third kappa shape index (κ3) is 6.15. The summed E-state index contributed by atoms with van der Waals surface area (Å²) in [4.78, 5) is 13.2. The lowest BCUT2D eigenvalue weighted by Crippen LogP contribution is -2.31. The van der Waals surface area contributed by atoms with E-state index >= 15 is 0 Å². The van der Waals surface area contributed by atoms with Gasteiger partial charge in [0, 0.05) is 16.5 Å². The van der Waals surface area contributed by atoms with Gasteiger partial charge in [-0.2, -0.15) is 0 Å². The number of benzene rings is 2. The number of rotatable bonds is 9. The Kier molecular flexibility index (Phi) is 8.13. The van der Waals surface area contributed by atoms with Gasteiger partial charge in [-0.25, -0.2) is 0 Å². The fourth-order valence-corrected chi connectivity index (χ4v) is 3.47. The van der Waals surface area contributed by atoms with E-state index in [2.05, 4.69) is 5.32 Å². The van der Waals surface area contributed by atoms with Gasteiger partial charge < -0.3 is 14.8 Å². The van der Waals surface area contributed by atoms with Crippen LogP contribution in [0.5, 0.6) is 11.5 Å².